The molecule has 0 atom stereocenters. The van der Waals surface area contributed by atoms with Gasteiger partial charge in [0, 0.05) is 41.3 Å². The highest BCUT2D eigenvalue weighted by atomic mass is 35.5. The Morgan fingerprint density at radius 1 is 1.22 bits per heavy atom. The summed E-state index contributed by atoms with van der Waals surface area (Å²) in [6.45, 7) is 0.704. The van der Waals surface area contributed by atoms with Gasteiger partial charge in [0.25, 0.3) is 0 Å². The zero-order chi connectivity index (χ0) is 18.8. The third-order valence-electron chi connectivity index (χ3n) is 4.71. The van der Waals surface area contributed by atoms with Crippen LogP contribution in [0.15, 0.2) is 47.0 Å². The largest absolute Gasteiger partial charge is 0.398 e. The van der Waals surface area contributed by atoms with Crippen molar-refractivity contribution in [2.75, 3.05) is 17.2 Å². The Hall–Kier alpha value is -2.86. The molecule has 0 bridgehead atoms. The minimum atomic E-state index is 0.0350. The minimum Gasteiger partial charge on any atom is -0.398 e. The van der Waals surface area contributed by atoms with Gasteiger partial charge >= 0.3 is 0 Å². The van der Waals surface area contributed by atoms with E-state index in [4.69, 9.17) is 21.9 Å². The number of benzene rings is 2. The molecule has 3 aromatic rings. The van der Waals surface area contributed by atoms with Crippen LogP contribution in [-0.4, -0.2) is 22.6 Å². The van der Waals surface area contributed by atoms with Crippen molar-refractivity contribution in [3.63, 3.8) is 0 Å². The van der Waals surface area contributed by atoms with Gasteiger partial charge in [-0.25, -0.2) is 0 Å². The minimum absolute atomic E-state index is 0.0350. The average Bonchev–Trinajstić information content (AvgIpc) is 3.16. The summed E-state index contributed by atoms with van der Waals surface area (Å²) in [5.74, 6) is 0.969. The summed E-state index contributed by atoms with van der Waals surface area (Å²) in [4.78, 5) is 18.9. The predicted molar refractivity (Wildman–Crippen MR) is 105 cm³/mol. The fraction of sp³-hybridized carbons (Fsp3) is 0.250. The molecule has 138 valence electrons. The van der Waals surface area contributed by atoms with Gasteiger partial charge in [-0.1, -0.05) is 22.8 Å². The lowest BCUT2D eigenvalue weighted by atomic mass is 9.99. The highest BCUT2D eigenvalue weighted by Crippen LogP contribution is 2.31. The molecule has 4 rings (SSSR count). The van der Waals surface area contributed by atoms with Crippen molar-refractivity contribution in [1.29, 1.82) is 0 Å². The second kappa shape index (κ2) is 7.40. The molecule has 7 heteroatoms. The number of carbonyl (C=O) groups is 1. The number of amides is 1. The van der Waals surface area contributed by atoms with Crippen molar-refractivity contribution in [3.05, 3.63) is 58.9 Å². The van der Waals surface area contributed by atoms with Gasteiger partial charge in [0.1, 0.15) is 0 Å². The average molecular weight is 383 g/mol. The van der Waals surface area contributed by atoms with Crippen molar-refractivity contribution in [2.24, 2.45) is 0 Å². The predicted octanol–water partition coefficient (Wildman–Crippen LogP) is 3.88. The third kappa shape index (κ3) is 3.66. The summed E-state index contributed by atoms with van der Waals surface area (Å²) in [5.41, 5.74) is 9.59. The molecule has 0 spiro atoms. The number of fused-ring (bicyclic) bond motifs is 1. The van der Waals surface area contributed by atoms with Crippen LogP contribution in [0.4, 0.5) is 11.4 Å². The van der Waals surface area contributed by atoms with Crippen molar-refractivity contribution in [2.45, 2.75) is 25.7 Å². The monoisotopic (exact) mass is 382 g/mol. The molecule has 2 N–H and O–H groups in total. The Morgan fingerprint density at radius 3 is 2.85 bits per heavy atom. The van der Waals surface area contributed by atoms with E-state index in [1.54, 1.807) is 12.1 Å². The molecule has 0 radical (unpaired) electrons. The van der Waals surface area contributed by atoms with Gasteiger partial charge in [-0.15, -0.1) is 0 Å². The number of nitrogens with two attached hydrogens (primary N) is 1. The SMILES string of the molecule is Nc1cccc2c1CCCN2C(=O)CCc1nc(-c2ccc(Cl)cc2)no1. The van der Waals surface area contributed by atoms with E-state index < -0.39 is 0 Å². The maximum atomic E-state index is 12.7. The lowest BCUT2D eigenvalue weighted by molar-refractivity contribution is -0.118. The molecule has 6 nitrogen and oxygen atoms in total. The van der Waals surface area contributed by atoms with Crippen LogP contribution in [0.25, 0.3) is 11.4 Å². The molecular formula is C20H19ClN4O2. The molecular weight excluding hydrogens is 364 g/mol. The first-order valence-electron chi connectivity index (χ1n) is 8.88. The highest BCUT2D eigenvalue weighted by Gasteiger charge is 2.24. The molecule has 0 fully saturated rings. The topological polar surface area (TPSA) is 85.2 Å². The van der Waals surface area contributed by atoms with Crippen LogP contribution in [0, 0.1) is 0 Å². The number of nitrogen functional groups attached to an aromatic ring is 1. The zero-order valence-corrected chi connectivity index (χ0v) is 15.4. The standard InChI is InChI=1S/C20H19ClN4O2/c21-14-8-6-13(7-9-14)20-23-18(27-24-20)10-11-19(26)25-12-2-3-15-16(22)4-1-5-17(15)25/h1,4-9H,2-3,10-12,22H2. The van der Waals surface area contributed by atoms with Gasteiger partial charge in [0.2, 0.25) is 17.6 Å². The van der Waals surface area contributed by atoms with Crippen LogP contribution in [-0.2, 0) is 17.6 Å². The van der Waals surface area contributed by atoms with Gasteiger partial charge in [-0.3, -0.25) is 4.79 Å². The number of aryl methyl sites for hydroxylation is 1. The Labute approximate surface area is 161 Å². The Balaban J connectivity index is 1.44. The van der Waals surface area contributed by atoms with E-state index in [1.165, 1.54) is 0 Å². The number of rotatable bonds is 4. The van der Waals surface area contributed by atoms with E-state index in [0.717, 1.165) is 35.3 Å². The summed E-state index contributed by atoms with van der Waals surface area (Å²) in [6, 6.07) is 12.9. The van der Waals surface area contributed by atoms with Crippen molar-refractivity contribution < 1.29 is 9.32 Å². The van der Waals surface area contributed by atoms with Gasteiger partial charge in [0.15, 0.2) is 0 Å². The first-order valence-corrected chi connectivity index (χ1v) is 9.26. The Bertz CT molecular complexity index is 968. The first-order chi connectivity index (χ1) is 13.1. The van der Waals surface area contributed by atoms with E-state index in [9.17, 15) is 4.79 Å². The molecule has 0 aliphatic carbocycles. The van der Waals surface area contributed by atoms with Crippen molar-refractivity contribution >= 4 is 28.9 Å². The van der Waals surface area contributed by atoms with Crippen LogP contribution >= 0.6 is 11.6 Å². The van der Waals surface area contributed by atoms with Crippen LogP contribution in [0.1, 0.15) is 24.3 Å². The zero-order valence-electron chi connectivity index (χ0n) is 14.7. The van der Waals surface area contributed by atoms with Crippen LogP contribution < -0.4 is 10.6 Å². The van der Waals surface area contributed by atoms with Gasteiger partial charge in [-0.2, -0.15) is 4.98 Å². The smallest absolute Gasteiger partial charge is 0.227 e. The molecule has 1 aliphatic heterocycles. The quantitative estimate of drug-likeness (QED) is 0.692. The molecule has 2 aromatic carbocycles. The molecule has 1 aromatic heterocycles. The van der Waals surface area contributed by atoms with Crippen molar-refractivity contribution in [3.8, 4) is 11.4 Å². The van der Waals surface area contributed by atoms with Gasteiger partial charge < -0.3 is 15.2 Å². The lowest BCUT2D eigenvalue weighted by Gasteiger charge is -2.30. The van der Waals surface area contributed by atoms with E-state index in [0.29, 0.717) is 36.1 Å². The third-order valence-corrected chi connectivity index (χ3v) is 4.96. The lowest BCUT2D eigenvalue weighted by Crippen LogP contribution is -2.35. The fourth-order valence-electron chi connectivity index (χ4n) is 3.33. The summed E-state index contributed by atoms with van der Waals surface area (Å²) in [5, 5.41) is 4.63. The summed E-state index contributed by atoms with van der Waals surface area (Å²) in [7, 11) is 0. The second-order valence-corrected chi connectivity index (χ2v) is 6.95. The molecule has 1 amide bonds. The molecule has 0 saturated heterocycles. The maximum absolute atomic E-state index is 12.7. The Morgan fingerprint density at radius 2 is 2.04 bits per heavy atom. The number of anilines is 2. The number of halogens is 1. The summed E-state index contributed by atoms with van der Waals surface area (Å²) < 4.78 is 5.29. The van der Waals surface area contributed by atoms with Crippen molar-refractivity contribution in [1.82, 2.24) is 10.1 Å². The number of hydrogen-bond acceptors (Lipinski definition) is 5. The van der Waals surface area contributed by atoms with Crippen LogP contribution in [0.3, 0.4) is 0 Å². The van der Waals surface area contributed by atoms with Crippen LogP contribution in [0.2, 0.25) is 5.02 Å². The highest BCUT2D eigenvalue weighted by molar-refractivity contribution is 6.30. The Kier molecular flexibility index (Phi) is 4.81. The fourth-order valence-corrected chi connectivity index (χ4v) is 3.46. The normalized spacial score (nSPS) is 13.4. The summed E-state index contributed by atoms with van der Waals surface area (Å²) >= 11 is 5.89. The van der Waals surface area contributed by atoms with Crippen LogP contribution in [0.5, 0.6) is 0 Å². The first kappa shape index (κ1) is 17.5. The van der Waals surface area contributed by atoms with E-state index in [-0.39, 0.29) is 5.91 Å². The van der Waals surface area contributed by atoms with E-state index >= 15 is 0 Å². The van der Waals surface area contributed by atoms with E-state index in [2.05, 4.69) is 10.1 Å². The molecule has 27 heavy (non-hydrogen) atoms. The number of nitrogens with zero attached hydrogens (tertiary/aromatic N) is 3. The molecule has 1 aliphatic rings. The maximum Gasteiger partial charge on any atom is 0.227 e. The molecule has 0 unspecified atom stereocenters. The van der Waals surface area contributed by atoms with Gasteiger partial charge in [0.05, 0.1) is 0 Å². The summed E-state index contributed by atoms with van der Waals surface area (Å²) in [6.07, 6.45) is 2.51. The van der Waals surface area contributed by atoms with E-state index in [1.807, 2.05) is 35.2 Å². The second-order valence-electron chi connectivity index (χ2n) is 6.51. The van der Waals surface area contributed by atoms with Gasteiger partial charge in [-0.05, 0) is 54.8 Å². The number of hydrogen-bond donors (Lipinski definition) is 1. The molecule has 0 saturated carbocycles. The molecule has 2 heterocycles. The number of aromatic nitrogens is 2. The number of carbonyl (C=O) groups excluding carboxylic acids is 1.